The highest BCUT2D eigenvalue weighted by Gasteiger charge is 2.19. The Morgan fingerprint density at radius 2 is 1.76 bits per heavy atom. The predicted molar refractivity (Wildman–Crippen MR) is 91.1 cm³/mol. The van der Waals surface area contributed by atoms with Crippen molar-refractivity contribution < 1.29 is 9.18 Å². The molecule has 0 unspecified atom stereocenters. The van der Waals surface area contributed by atoms with Gasteiger partial charge in [-0.15, -0.1) is 10.2 Å². The Kier molecular flexibility index (Phi) is 4.83. The SMILES string of the molecule is CC(C)[C@H](NC(=O)c1ccc(-c2nn[nH]n2)cc1)c1ccc(F)cc1. The maximum absolute atomic E-state index is 13.1. The summed E-state index contributed by atoms with van der Waals surface area (Å²) < 4.78 is 13.1. The van der Waals surface area contributed by atoms with Gasteiger partial charge >= 0.3 is 0 Å². The van der Waals surface area contributed by atoms with E-state index in [9.17, 15) is 9.18 Å². The number of hydrogen-bond acceptors (Lipinski definition) is 4. The zero-order valence-corrected chi connectivity index (χ0v) is 13.9. The Morgan fingerprint density at radius 1 is 1.08 bits per heavy atom. The largest absolute Gasteiger partial charge is 0.345 e. The zero-order chi connectivity index (χ0) is 17.8. The van der Waals surface area contributed by atoms with Crippen molar-refractivity contribution in [3.05, 3.63) is 65.5 Å². The molecule has 25 heavy (non-hydrogen) atoms. The Bertz CT molecular complexity index is 829. The van der Waals surface area contributed by atoms with Crippen molar-refractivity contribution in [2.75, 3.05) is 0 Å². The lowest BCUT2D eigenvalue weighted by atomic mass is 9.95. The van der Waals surface area contributed by atoms with Crippen LogP contribution in [0, 0.1) is 11.7 Å². The van der Waals surface area contributed by atoms with Crippen LogP contribution in [0.15, 0.2) is 48.5 Å². The van der Waals surface area contributed by atoms with Crippen molar-refractivity contribution in [2.45, 2.75) is 19.9 Å². The maximum Gasteiger partial charge on any atom is 0.251 e. The van der Waals surface area contributed by atoms with Crippen molar-refractivity contribution in [3.8, 4) is 11.4 Å². The Hall–Kier alpha value is -3.09. The Morgan fingerprint density at radius 3 is 2.32 bits per heavy atom. The van der Waals surface area contributed by atoms with Gasteiger partial charge in [0.05, 0.1) is 6.04 Å². The van der Waals surface area contributed by atoms with Crippen LogP contribution < -0.4 is 5.32 Å². The second kappa shape index (κ2) is 7.21. The van der Waals surface area contributed by atoms with Gasteiger partial charge < -0.3 is 5.32 Å². The van der Waals surface area contributed by atoms with E-state index in [1.807, 2.05) is 13.8 Å². The van der Waals surface area contributed by atoms with Crippen molar-refractivity contribution in [3.63, 3.8) is 0 Å². The quantitative estimate of drug-likeness (QED) is 0.748. The molecule has 2 aromatic carbocycles. The van der Waals surface area contributed by atoms with Crippen molar-refractivity contribution in [2.24, 2.45) is 5.92 Å². The van der Waals surface area contributed by atoms with E-state index in [-0.39, 0.29) is 23.7 Å². The second-order valence-electron chi connectivity index (χ2n) is 6.06. The predicted octanol–water partition coefficient (Wildman–Crippen LogP) is 3.13. The van der Waals surface area contributed by atoms with Crippen LogP contribution in [0.25, 0.3) is 11.4 Å². The molecule has 1 heterocycles. The number of tetrazole rings is 1. The fraction of sp³-hybridized carbons (Fsp3) is 0.222. The van der Waals surface area contributed by atoms with Gasteiger partial charge in [-0.1, -0.05) is 38.1 Å². The van der Waals surface area contributed by atoms with E-state index >= 15 is 0 Å². The maximum atomic E-state index is 13.1. The number of benzene rings is 2. The van der Waals surface area contributed by atoms with Gasteiger partial charge in [0.25, 0.3) is 5.91 Å². The van der Waals surface area contributed by atoms with Crippen LogP contribution in [0.3, 0.4) is 0 Å². The van der Waals surface area contributed by atoms with E-state index < -0.39 is 0 Å². The highest BCUT2D eigenvalue weighted by molar-refractivity contribution is 5.94. The van der Waals surface area contributed by atoms with Crippen LogP contribution in [0.4, 0.5) is 4.39 Å². The van der Waals surface area contributed by atoms with E-state index in [2.05, 4.69) is 25.9 Å². The smallest absolute Gasteiger partial charge is 0.251 e. The molecule has 0 bridgehead atoms. The van der Waals surface area contributed by atoms with Crippen LogP contribution in [-0.4, -0.2) is 26.5 Å². The standard InChI is InChI=1S/C18H18FN5O/c1-11(2)16(12-7-9-15(19)10-8-12)20-18(25)14-5-3-13(4-6-14)17-21-23-24-22-17/h3-11,16H,1-2H3,(H,20,25)(H,21,22,23,24)/t16-/m0/s1. The van der Waals surface area contributed by atoms with Gasteiger partial charge in [-0.25, -0.2) is 4.39 Å². The summed E-state index contributed by atoms with van der Waals surface area (Å²) in [5, 5.41) is 16.7. The van der Waals surface area contributed by atoms with Gasteiger partial charge in [0, 0.05) is 11.1 Å². The van der Waals surface area contributed by atoms with Crippen molar-refractivity contribution in [1.82, 2.24) is 25.9 Å². The molecule has 1 atom stereocenters. The summed E-state index contributed by atoms with van der Waals surface area (Å²) in [6.07, 6.45) is 0. The van der Waals surface area contributed by atoms with Gasteiger partial charge in [0.15, 0.2) is 0 Å². The molecule has 3 rings (SSSR count). The van der Waals surface area contributed by atoms with Crippen molar-refractivity contribution in [1.29, 1.82) is 0 Å². The first-order valence-electron chi connectivity index (χ1n) is 7.95. The topological polar surface area (TPSA) is 83.6 Å². The number of carbonyl (C=O) groups excluding carboxylic acids is 1. The molecular formula is C18H18FN5O. The first-order valence-corrected chi connectivity index (χ1v) is 7.95. The van der Waals surface area contributed by atoms with Gasteiger partial charge in [-0.05, 0) is 41.0 Å². The number of nitrogens with zero attached hydrogens (tertiary/aromatic N) is 3. The van der Waals surface area contributed by atoms with Crippen LogP contribution in [0.2, 0.25) is 0 Å². The fourth-order valence-corrected chi connectivity index (χ4v) is 2.58. The zero-order valence-electron chi connectivity index (χ0n) is 13.9. The van der Waals surface area contributed by atoms with E-state index in [1.54, 1.807) is 36.4 Å². The van der Waals surface area contributed by atoms with Gasteiger partial charge in [-0.2, -0.15) is 5.21 Å². The second-order valence-corrected chi connectivity index (χ2v) is 6.06. The highest BCUT2D eigenvalue weighted by atomic mass is 19.1. The molecule has 0 aliphatic carbocycles. The van der Waals surface area contributed by atoms with Crippen LogP contribution in [0.5, 0.6) is 0 Å². The molecule has 0 spiro atoms. The number of H-pyrrole nitrogens is 1. The number of nitrogens with one attached hydrogen (secondary N) is 2. The van der Waals surface area contributed by atoms with E-state index in [0.717, 1.165) is 11.1 Å². The third kappa shape index (κ3) is 3.88. The lowest BCUT2D eigenvalue weighted by Crippen LogP contribution is -2.31. The molecule has 128 valence electrons. The third-order valence-electron chi connectivity index (χ3n) is 3.93. The summed E-state index contributed by atoms with van der Waals surface area (Å²) in [7, 11) is 0. The Balaban J connectivity index is 1.76. The monoisotopic (exact) mass is 339 g/mol. The summed E-state index contributed by atoms with van der Waals surface area (Å²) >= 11 is 0. The molecule has 2 N–H and O–H groups in total. The van der Waals surface area contributed by atoms with E-state index in [1.165, 1.54) is 12.1 Å². The number of amides is 1. The molecule has 3 aromatic rings. The number of hydrogen-bond donors (Lipinski definition) is 2. The minimum Gasteiger partial charge on any atom is -0.345 e. The molecule has 0 aliphatic heterocycles. The molecule has 0 radical (unpaired) electrons. The molecule has 0 fully saturated rings. The number of aromatic amines is 1. The average molecular weight is 339 g/mol. The lowest BCUT2D eigenvalue weighted by molar-refractivity contribution is 0.0925. The molecule has 1 aromatic heterocycles. The minimum absolute atomic E-state index is 0.160. The molecular weight excluding hydrogens is 321 g/mol. The molecule has 7 heteroatoms. The Labute approximate surface area is 144 Å². The molecule has 0 saturated carbocycles. The van der Waals surface area contributed by atoms with Gasteiger partial charge in [-0.3, -0.25) is 4.79 Å². The normalized spacial score (nSPS) is 12.2. The summed E-state index contributed by atoms with van der Waals surface area (Å²) in [6, 6.07) is 12.9. The fourth-order valence-electron chi connectivity index (χ4n) is 2.58. The number of aromatic nitrogens is 4. The first kappa shape index (κ1) is 16.8. The highest BCUT2D eigenvalue weighted by Crippen LogP contribution is 2.23. The summed E-state index contributed by atoms with van der Waals surface area (Å²) in [4.78, 5) is 12.6. The molecule has 0 saturated heterocycles. The average Bonchev–Trinajstić information content (AvgIpc) is 3.15. The summed E-state index contributed by atoms with van der Waals surface area (Å²) in [6.45, 7) is 4.02. The van der Waals surface area contributed by atoms with Crippen LogP contribution in [0.1, 0.15) is 35.8 Å². The number of carbonyl (C=O) groups is 1. The minimum atomic E-state index is -0.297. The van der Waals surface area contributed by atoms with E-state index in [4.69, 9.17) is 0 Å². The molecule has 1 amide bonds. The first-order chi connectivity index (χ1) is 12.0. The number of halogens is 1. The van der Waals surface area contributed by atoms with E-state index in [0.29, 0.717) is 11.4 Å². The van der Waals surface area contributed by atoms with Gasteiger partial charge in [0.1, 0.15) is 5.82 Å². The summed E-state index contributed by atoms with van der Waals surface area (Å²) in [5.41, 5.74) is 2.16. The summed E-state index contributed by atoms with van der Waals surface area (Å²) in [5.74, 6) is 0.142. The number of rotatable bonds is 5. The molecule has 6 nitrogen and oxygen atoms in total. The lowest BCUT2D eigenvalue weighted by Gasteiger charge is -2.23. The molecule has 0 aliphatic rings. The van der Waals surface area contributed by atoms with Crippen LogP contribution in [-0.2, 0) is 0 Å². The van der Waals surface area contributed by atoms with Crippen molar-refractivity contribution >= 4 is 5.91 Å². The van der Waals surface area contributed by atoms with Crippen LogP contribution >= 0.6 is 0 Å². The van der Waals surface area contributed by atoms with Gasteiger partial charge in [0.2, 0.25) is 5.82 Å². The third-order valence-corrected chi connectivity index (χ3v) is 3.93.